The van der Waals surface area contributed by atoms with Crippen molar-refractivity contribution in [1.29, 1.82) is 0 Å². The fourth-order valence-corrected chi connectivity index (χ4v) is 3.22. The summed E-state index contributed by atoms with van der Waals surface area (Å²) in [6.07, 6.45) is 5.11. The highest BCUT2D eigenvalue weighted by molar-refractivity contribution is 14.1. The number of anilines is 1. The topological polar surface area (TPSA) is 43.8 Å². The Morgan fingerprint density at radius 1 is 1.40 bits per heavy atom. The predicted molar refractivity (Wildman–Crippen MR) is 71.0 cm³/mol. The highest BCUT2D eigenvalue weighted by Gasteiger charge is 2.23. The predicted octanol–water partition coefficient (Wildman–Crippen LogP) is 3.31. The molecule has 0 spiro atoms. The van der Waals surface area contributed by atoms with Gasteiger partial charge < -0.3 is 5.73 Å². The van der Waals surface area contributed by atoms with Crippen LogP contribution in [0, 0.1) is 3.57 Å². The fraction of sp³-hybridized carbons (Fsp3) is 0.727. The molecule has 0 bridgehead atoms. The minimum Gasteiger partial charge on any atom is -0.383 e. The number of hydrogen-bond donors (Lipinski definition) is 1. The Balaban J connectivity index is 2.35. The smallest absolute Gasteiger partial charge is 0.135 e. The number of halogens is 1. The molecule has 1 heterocycles. The first-order valence-corrected chi connectivity index (χ1v) is 6.72. The van der Waals surface area contributed by atoms with E-state index in [1.165, 1.54) is 25.7 Å². The number of nitrogen functional groups attached to an aromatic ring is 1. The maximum Gasteiger partial charge on any atom is 0.135 e. The van der Waals surface area contributed by atoms with E-state index in [9.17, 15) is 0 Å². The molecule has 84 valence electrons. The molecule has 1 saturated carbocycles. The molecule has 2 rings (SSSR count). The summed E-state index contributed by atoms with van der Waals surface area (Å²) >= 11 is 2.32. The van der Waals surface area contributed by atoms with Gasteiger partial charge in [-0.3, -0.25) is 0 Å². The summed E-state index contributed by atoms with van der Waals surface area (Å²) in [6, 6.07) is 0.547. The van der Waals surface area contributed by atoms with Gasteiger partial charge in [-0.25, -0.2) is 4.68 Å². The van der Waals surface area contributed by atoms with Crippen molar-refractivity contribution >= 4 is 28.4 Å². The van der Waals surface area contributed by atoms with Crippen LogP contribution < -0.4 is 5.73 Å². The van der Waals surface area contributed by atoms with Gasteiger partial charge in [0.25, 0.3) is 0 Å². The molecular formula is C11H18IN3. The van der Waals surface area contributed by atoms with E-state index >= 15 is 0 Å². The molecule has 0 aromatic carbocycles. The van der Waals surface area contributed by atoms with Gasteiger partial charge in [-0.2, -0.15) is 5.10 Å². The first-order chi connectivity index (χ1) is 7.11. The summed E-state index contributed by atoms with van der Waals surface area (Å²) in [6.45, 7) is 4.34. The summed E-state index contributed by atoms with van der Waals surface area (Å²) in [7, 11) is 0. The van der Waals surface area contributed by atoms with Crippen molar-refractivity contribution in [2.75, 3.05) is 5.73 Å². The normalized spacial score (nSPS) is 17.9. The number of nitrogens with two attached hydrogens (primary N) is 1. The van der Waals surface area contributed by atoms with Crippen molar-refractivity contribution in [2.45, 2.75) is 51.5 Å². The van der Waals surface area contributed by atoms with Crippen molar-refractivity contribution in [3.63, 3.8) is 0 Å². The first-order valence-electron chi connectivity index (χ1n) is 5.64. The Hall–Kier alpha value is -0.260. The van der Waals surface area contributed by atoms with Gasteiger partial charge >= 0.3 is 0 Å². The third-order valence-electron chi connectivity index (χ3n) is 3.13. The molecule has 1 fully saturated rings. The molecule has 3 nitrogen and oxygen atoms in total. The molecule has 0 amide bonds. The van der Waals surface area contributed by atoms with Crippen LogP contribution in [0.25, 0.3) is 0 Å². The Bertz CT molecular complexity index is 351. The van der Waals surface area contributed by atoms with Crippen molar-refractivity contribution in [2.24, 2.45) is 0 Å². The molecule has 15 heavy (non-hydrogen) atoms. The molecule has 0 unspecified atom stereocenters. The van der Waals surface area contributed by atoms with Crippen LogP contribution in [0.4, 0.5) is 5.82 Å². The van der Waals surface area contributed by atoms with Gasteiger partial charge in [0.05, 0.1) is 15.3 Å². The monoisotopic (exact) mass is 319 g/mol. The number of nitrogens with zero attached hydrogens (tertiary/aromatic N) is 2. The van der Waals surface area contributed by atoms with Crippen LogP contribution in [0.15, 0.2) is 0 Å². The molecule has 2 N–H and O–H groups in total. The van der Waals surface area contributed by atoms with Gasteiger partial charge in [-0.05, 0) is 41.4 Å². The Labute approximate surface area is 105 Å². The lowest BCUT2D eigenvalue weighted by Gasteiger charge is -2.11. The molecule has 0 atom stereocenters. The third-order valence-corrected chi connectivity index (χ3v) is 4.23. The zero-order chi connectivity index (χ0) is 11.0. The average molecular weight is 319 g/mol. The van der Waals surface area contributed by atoms with E-state index in [4.69, 9.17) is 5.73 Å². The highest BCUT2D eigenvalue weighted by Crippen LogP contribution is 2.34. The minimum absolute atomic E-state index is 0.460. The van der Waals surface area contributed by atoms with Crippen LogP contribution in [-0.4, -0.2) is 9.78 Å². The maximum absolute atomic E-state index is 6.11. The van der Waals surface area contributed by atoms with E-state index < -0.39 is 0 Å². The summed E-state index contributed by atoms with van der Waals surface area (Å²) in [4.78, 5) is 0. The zero-order valence-corrected chi connectivity index (χ0v) is 11.5. The van der Waals surface area contributed by atoms with Crippen LogP contribution in [0.2, 0.25) is 0 Å². The molecular weight excluding hydrogens is 301 g/mol. The molecule has 0 aliphatic heterocycles. The second kappa shape index (κ2) is 4.31. The van der Waals surface area contributed by atoms with Gasteiger partial charge in [-0.1, -0.05) is 26.7 Å². The van der Waals surface area contributed by atoms with E-state index in [-0.39, 0.29) is 0 Å². The highest BCUT2D eigenvalue weighted by atomic mass is 127. The lowest BCUT2D eigenvalue weighted by atomic mass is 10.1. The zero-order valence-electron chi connectivity index (χ0n) is 9.33. The number of hydrogen-bond acceptors (Lipinski definition) is 2. The van der Waals surface area contributed by atoms with E-state index in [2.05, 4.69) is 46.2 Å². The van der Waals surface area contributed by atoms with Crippen LogP contribution in [0.3, 0.4) is 0 Å². The maximum atomic E-state index is 6.11. The Morgan fingerprint density at radius 3 is 2.47 bits per heavy atom. The second-order valence-electron chi connectivity index (χ2n) is 4.62. The first kappa shape index (κ1) is 11.2. The summed E-state index contributed by atoms with van der Waals surface area (Å²) in [5, 5.41) is 4.68. The lowest BCUT2D eigenvalue weighted by molar-refractivity contribution is 0.467. The molecule has 4 heteroatoms. The third kappa shape index (κ3) is 2.00. The molecule has 1 aromatic rings. The van der Waals surface area contributed by atoms with Gasteiger partial charge in [0.1, 0.15) is 5.82 Å². The van der Waals surface area contributed by atoms with Crippen molar-refractivity contribution in [1.82, 2.24) is 9.78 Å². The van der Waals surface area contributed by atoms with Crippen LogP contribution in [0.5, 0.6) is 0 Å². The SMILES string of the molecule is CC(C)c1nn(C2CCCC2)c(N)c1I. The quantitative estimate of drug-likeness (QED) is 0.850. The van der Waals surface area contributed by atoms with E-state index in [1.807, 2.05) is 0 Å². The van der Waals surface area contributed by atoms with Crippen LogP contribution >= 0.6 is 22.6 Å². The lowest BCUT2D eigenvalue weighted by Crippen LogP contribution is -2.10. The van der Waals surface area contributed by atoms with Crippen LogP contribution in [-0.2, 0) is 0 Å². The number of aromatic nitrogens is 2. The van der Waals surface area contributed by atoms with Gasteiger partial charge in [-0.15, -0.1) is 0 Å². The largest absolute Gasteiger partial charge is 0.383 e. The van der Waals surface area contributed by atoms with Crippen molar-refractivity contribution in [3.8, 4) is 0 Å². The van der Waals surface area contributed by atoms with Gasteiger partial charge in [0.15, 0.2) is 0 Å². The van der Waals surface area contributed by atoms with Gasteiger partial charge in [0.2, 0.25) is 0 Å². The van der Waals surface area contributed by atoms with Crippen molar-refractivity contribution < 1.29 is 0 Å². The molecule has 1 aliphatic carbocycles. The molecule has 0 saturated heterocycles. The molecule has 1 aliphatic rings. The Morgan fingerprint density at radius 2 is 2.00 bits per heavy atom. The molecule has 1 aromatic heterocycles. The van der Waals surface area contributed by atoms with E-state index in [1.54, 1.807) is 0 Å². The fourth-order valence-electron chi connectivity index (χ4n) is 2.24. The second-order valence-corrected chi connectivity index (χ2v) is 5.70. The standard InChI is InChI=1S/C11H18IN3/c1-7(2)10-9(12)11(13)15(14-10)8-5-3-4-6-8/h7-8H,3-6,13H2,1-2H3. The van der Waals surface area contributed by atoms with E-state index in [0.717, 1.165) is 15.1 Å². The summed E-state index contributed by atoms with van der Waals surface area (Å²) < 4.78 is 3.21. The van der Waals surface area contributed by atoms with Crippen LogP contribution in [0.1, 0.15) is 57.2 Å². The van der Waals surface area contributed by atoms with Gasteiger partial charge in [0, 0.05) is 0 Å². The molecule has 0 radical (unpaired) electrons. The minimum atomic E-state index is 0.460. The summed E-state index contributed by atoms with van der Waals surface area (Å²) in [5.41, 5.74) is 7.27. The number of rotatable bonds is 2. The van der Waals surface area contributed by atoms with E-state index in [0.29, 0.717) is 12.0 Å². The average Bonchev–Trinajstić information content (AvgIpc) is 2.77. The summed E-state index contributed by atoms with van der Waals surface area (Å²) in [5.74, 6) is 1.33. The van der Waals surface area contributed by atoms with Crippen molar-refractivity contribution in [3.05, 3.63) is 9.26 Å². The Kier molecular flexibility index (Phi) is 3.23.